The summed E-state index contributed by atoms with van der Waals surface area (Å²) in [5.74, 6) is 0. The molecule has 2 fully saturated rings. The van der Waals surface area contributed by atoms with Crippen molar-refractivity contribution < 1.29 is 4.74 Å². The van der Waals surface area contributed by atoms with Gasteiger partial charge in [-0.2, -0.15) is 0 Å². The number of hydrogen-bond acceptors (Lipinski definition) is 4. The topological polar surface area (TPSA) is 41.7 Å². The normalized spacial score (nSPS) is 35.6. The van der Waals surface area contributed by atoms with Crippen LogP contribution in [0.1, 0.15) is 12.8 Å². The van der Waals surface area contributed by atoms with Crippen LogP contribution in [0, 0.1) is 0 Å². The van der Waals surface area contributed by atoms with E-state index in [1.807, 2.05) is 0 Å². The lowest BCUT2D eigenvalue weighted by atomic mass is 9.96. The zero-order chi connectivity index (χ0) is 10.7. The van der Waals surface area contributed by atoms with Crippen LogP contribution < -0.4 is 5.73 Å². The largest absolute Gasteiger partial charge is 0.379 e. The zero-order valence-electron chi connectivity index (χ0n) is 9.74. The van der Waals surface area contributed by atoms with Gasteiger partial charge in [0, 0.05) is 32.8 Å². The first-order valence-corrected chi connectivity index (χ1v) is 5.98. The fraction of sp³-hybridized carbons (Fsp3) is 1.00. The third-order valence-electron chi connectivity index (χ3n) is 3.85. The molecular weight excluding hydrogens is 190 g/mol. The summed E-state index contributed by atoms with van der Waals surface area (Å²) in [6.45, 7) is 7.11. The number of nitrogens with two attached hydrogens (primary N) is 1. The van der Waals surface area contributed by atoms with E-state index >= 15 is 0 Å². The van der Waals surface area contributed by atoms with Crippen molar-refractivity contribution in [1.29, 1.82) is 0 Å². The Morgan fingerprint density at radius 1 is 1.27 bits per heavy atom. The summed E-state index contributed by atoms with van der Waals surface area (Å²) in [5.41, 5.74) is 6.09. The van der Waals surface area contributed by atoms with Crippen LogP contribution in [0.2, 0.25) is 0 Å². The molecule has 4 nitrogen and oxygen atoms in total. The van der Waals surface area contributed by atoms with E-state index in [0.29, 0.717) is 0 Å². The number of likely N-dealkylation sites (N-methyl/N-ethyl adjacent to an activating group) is 1. The van der Waals surface area contributed by atoms with Gasteiger partial charge in [0.05, 0.1) is 12.1 Å². The van der Waals surface area contributed by atoms with E-state index in [9.17, 15) is 0 Å². The molecule has 0 aromatic carbocycles. The van der Waals surface area contributed by atoms with Gasteiger partial charge in [-0.05, 0) is 26.4 Å². The molecule has 0 amide bonds. The maximum Gasteiger partial charge on any atom is 0.0663 e. The summed E-state index contributed by atoms with van der Waals surface area (Å²) >= 11 is 0. The van der Waals surface area contributed by atoms with Gasteiger partial charge in [0.1, 0.15) is 0 Å². The smallest absolute Gasteiger partial charge is 0.0663 e. The predicted octanol–water partition coefficient (Wildman–Crippen LogP) is -0.258. The Balaban J connectivity index is 2.01. The minimum absolute atomic E-state index is 0.144. The van der Waals surface area contributed by atoms with Crippen molar-refractivity contribution in [1.82, 2.24) is 9.80 Å². The third kappa shape index (κ3) is 2.33. The number of hydrogen-bond donors (Lipinski definition) is 1. The highest BCUT2D eigenvalue weighted by Crippen LogP contribution is 2.26. The second kappa shape index (κ2) is 4.78. The second-order valence-electron chi connectivity index (χ2n) is 4.87. The van der Waals surface area contributed by atoms with E-state index in [-0.39, 0.29) is 5.54 Å². The highest BCUT2D eigenvalue weighted by atomic mass is 16.5. The molecule has 15 heavy (non-hydrogen) atoms. The van der Waals surface area contributed by atoms with Crippen LogP contribution in [-0.2, 0) is 4.74 Å². The molecule has 0 spiro atoms. The molecule has 0 aliphatic carbocycles. The average molecular weight is 213 g/mol. The van der Waals surface area contributed by atoms with Gasteiger partial charge < -0.3 is 15.4 Å². The molecule has 0 saturated carbocycles. The lowest BCUT2D eigenvalue weighted by Crippen LogP contribution is -2.55. The fourth-order valence-corrected chi connectivity index (χ4v) is 2.66. The molecule has 1 unspecified atom stereocenters. The van der Waals surface area contributed by atoms with Crippen LogP contribution in [0.15, 0.2) is 0 Å². The van der Waals surface area contributed by atoms with Gasteiger partial charge in [-0.15, -0.1) is 0 Å². The standard InChI is InChI=1S/C11H23N3O/c1-13-4-2-5-14(7-6-13)11(9-12)3-8-15-10-11/h2-10,12H2,1H3. The van der Waals surface area contributed by atoms with E-state index in [1.54, 1.807) is 0 Å². The molecule has 2 rings (SSSR count). The van der Waals surface area contributed by atoms with Crippen molar-refractivity contribution in [2.45, 2.75) is 18.4 Å². The van der Waals surface area contributed by atoms with E-state index in [0.717, 1.165) is 39.3 Å². The molecule has 4 heteroatoms. The summed E-state index contributed by atoms with van der Waals surface area (Å²) in [4.78, 5) is 4.96. The van der Waals surface area contributed by atoms with Gasteiger partial charge in [-0.25, -0.2) is 0 Å². The quantitative estimate of drug-likeness (QED) is 0.686. The monoisotopic (exact) mass is 213 g/mol. The second-order valence-corrected chi connectivity index (χ2v) is 4.87. The third-order valence-corrected chi connectivity index (χ3v) is 3.85. The molecular formula is C11H23N3O. The lowest BCUT2D eigenvalue weighted by molar-refractivity contribution is 0.0753. The highest BCUT2D eigenvalue weighted by Gasteiger charge is 2.39. The van der Waals surface area contributed by atoms with Crippen LogP contribution in [-0.4, -0.2) is 68.3 Å². The Morgan fingerprint density at radius 3 is 2.80 bits per heavy atom. The van der Waals surface area contributed by atoms with E-state index in [2.05, 4.69) is 16.8 Å². The number of ether oxygens (including phenoxy) is 1. The van der Waals surface area contributed by atoms with Crippen LogP contribution in [0.3, 0.4) is 0 Å². The van der Waals surface area contributed by atoms with E-state index in [4.69, 9.17) is 10.5 Å². The highest BCUT2D eigenvalue weighted by molar-refractivity contribution is 4.95. The minimum atomic E-state index is 0.144. The molecule has 2 aliphatic rings. The van der Waals surface area contributed by atoms with Crippen LogP contribution in [0.4, 0.5) is 0 Å². The molecule has 88 valence electrons. The number of nitrogens with zero attached hydrogens (tertiary/aromatic N) is 2. The predicted molar refractivity (Wildman–Crippen MR) is 60.9 cm³/mol. The van der Waals surface area contributed by atoms with Gasteiger partial charge in [0.2, 0.25) is 0 Å². The maximum atomic E-state index is 5.95. The lowest BCUT2D eigenvalue weighted by Gasteiger charge is -2.38. The summed E-state index contributed by atoms with van der Waals surface area (Å²) < 4.78 is 5.54. The van der Waals surface area contributed by atoms with Gasteiger partial charge in [-0.1, -0.05) is 0 Å². The molecule has 2 N–H and O–H groups in total. The van der Waals surface area contributed by atoms with Crippen LogP contribution in [0.25, 0.3) is 0 Å². The van der Waals surface area contributed by atoms with Crippen molar-refractivity contribution >= 4 is 0 Å². The maximum absolute atomic E-state index is 5.95. The Bertz CT molecular complexity index is 204. The summed E-state index contributed by atoms with van der Waals surface area (Å²) in [7, 11) is 2.20. The fourth-order valence-electron chi connectivity index (χ4n) is 2.66. The van der Waals surface area contributed by atoms with Crippen molar-refractivity contribution in [2.24, 2.45) is 5.73 Å². The summed E-state index contributed by atoms with van der Waals surface area (Å²) in [5, 5.41) is 0. The van der Waals surface area contributed by atoms with Crippen LogP contribution >= 0.6 is 0 Å². The number of rotatable bonds is 2. The first kappa shape index (κ1) is 11.3. The summed E-state index contributed by atoms with van der Waals surface area (Å²) in [6.07, 6.45) is 2.35. The SMILES string of the molecule is CN1CCCN(C2(CN)CCOC2)CC1. The minimum Gasteiger partial charge on any atom is -0.379 e. The molecule has 1 atom stereocenters. The van der Waals surface area contributed by atoms with E-state index < -0.39 is 0 Å². The Kier molecular flexibility index (Phi) is 3.61. The van der Waals surface area contributed by atoms with Crippen molar-refractivity contribution in [3.63, 3.8) is 0 Å². The van der Waals surface area contributed by atoms with Crippen LogP contribution in [0.5, 0.6) is 0 Å². The van der Waals surface area contributed by atoms with Crippen molar-refractivity contribution in [3.8, 4) is 0 Å². The summed E-state index contributed by atoms with van der Waals surface area (Å²) in [6, 6.07) is 0. The van der Waals surface area contributed by atoms with Gasteiger partial charge in [-0.3, -0.25) is 4.90 Å². The Hall–Kier alpha value is -0.160. The first-order valence-electron chi connectivity index (χ1n) is 5.98. The Labute approximate surface area is 92.4 Å². The molecule has 0 aromatic heterocycles. The average Bonchev–Trinajstić information content (AvgIpc) is 2.63. The molecule has 0 aromatic rings. The molecule has 2 saturated heterocycles. The van der Waals surface area contributed by atoms with E-state index in [1.165, 1.54) is 19.5 Å². The Morgan fingerprint density at radius 2 is 2.13 bits per heavy atom. The zero-order valence-corrected chi connectivity index (χ0v) is 9.74. The molecule has 2 aliphatic heterocycles. The molecule has 0 radical (unpaired) electrons. The van der Waals surface area contributed by atoms with Crippen molar-refractivity contribution in [2.75, 3.05) is 53.0 Å². The van der Waals surface area contributed by atoms with Gasteiger partial charge >= 0.3 is 0 Å². The van der Waals surface area contributed by atoms with Gasteiger partial charge in [0.25, 0.3) is 0 Å². The van der Waals surface area contributed by atoms with Crippen molar-refractivity contribution in [3.05, 3.63) is 0 Å². The van der Waals surface area contributed by atoms with Gasteiger partial charge in [0.15, 0.2) is 0 Å². The molecule has 2 heterocycles. The molecule has 0 bridgehead atoms. The first-order chi connectivity index (χ1) is 7.27.